The number of aliphatic hydroxyl groups is 1. The Morgan fingerprint density at radius 2 is 2.00 bits per heavy atom. The minimum Gasteiger partial charge on any atom is -0.507 e. The summed E-state index contributed by atoms with van der Waals surface area (Å²) in [6.45, 7) is 2.01. The highest BCUT2D eigenvalue weighted by atomic mass is 16.5. The Labute approximate surface area is 120 Å². The molecule has 0 saturated heterocycles. The molecule has 1 fully saturated rings. The first kappa shape index (κ1) is 15.1. The Morgan fingerprint density at radius 1 is 1.25 bits per heavy atom. The summed E-state index contributed by atoms with van der Waals surface area (Å²) in [6, 6.07) is 5.44. The Balaban J connectivity index is 2.05. The number of rotatable bonds is 4. The van der Waals surface area contributed by atoms with Crippen LogP contribution in [0.3, 0.4) is 0 Å². The van der Waals surface area contributed by atoms with Crippen LogP contribution in [0.15, 0.2) is 18.2 Å². The molecule has 1 aromatic rings. The molecule has 0 spiro atoms. The Morgan fingerprint density at radius 3 is 2.70 bits per heavy atom. The van der Waals surface area contributed by atoms with Crippen molar-refractivity contribution >= 4 is 0 Å². The number of hydrogen-bond donors (Lipinski definition) is 3. The predicted octanol–water partition coefficient (Wildman–Crippen LogP) is 2.75. The summed E-state index contributed by atoms with van der Waals surface area (Å²) in [5, 5.41) is 23.7. The van der Waals surface area contributed by atoms with E-state index in [2.05, 4.69) is 5.32 Å². The van der Waals surface area contributed by atoms with Crippen LogP contribution in [0.1, 0.15) is 50.6 Å². The van der Waals surface area contributed by atoms with Crippen molar-refractivity contribution in [2.75, 3.05) is 7.11 Å². The second-order valence-corrected chi connectivity index (χ2v) is 5.62. The Kier molecular flexibility index (Phi) is 5.26. The van der Waals surface area contributed by atoms with Gasteiger partial charge in [0, 0.05) is 23.7 Å². The average Bonchev–Trinajstić information content (AvgIpc) is 2.64. The summed E-state index contributed by atoms with van der Waals surface area (Å²) in [5.41, 5.74) is 0.835. The quantitative estimate of drug-likeness (QED) is 0.742. The zero-order valence-corrected chi connectivity index (χ0v) is 12.3. The summed E-state index contributed by atoms with van der Waals surface area (Å²) in [4.78, 5) is 0. The van der Waals surface area contributed by atoms with E-state index in [1.54, 1.807) is 13.2 Å². The number of nitrogens with one attached hydrogen (secondary N) is 1. The van der Waals surface area contributed by atoms with Gasteiger partial charge in [-0.05, 0) is 25.8 Å². The monoisotopic (exact) mass is 279 g/mol. The Bertz CT molecular complexity index is 436. The zero-order chi connectivity index (χ0) is 14.5. The molecule has 20 heavy (non-hydrogen) atoms. The maximum atomic E-state index is 10.2. The number of methoxy groups -OCH3 is 1. The van der Waals surface area contributed by atoms with Crippen molar-refractivity contribution < 1.29 is 14.9 Å². The third kappa shape index (κ3) is 3.64. The summed E-state index contributed by atoms with van der Waals surface area (Å²) in [5.74, 6) is 0.875. The number of aliphatic hydroxyl groups excluding tert-OH is 1. The molecule has 112 valence electrons. The molecule has 0 radical (unpaired) electrons. The van der Waals surface area contributed by atoms with Crippen LogP contribution < -0.4 is 10.1 Å². The minimum absolute atomic E-state index is 0.00124. The average molecular weight is 279 g/mol. The smallest absolute Gasteiger partial charge is 0.124 e. The van der Waals surface area contributed by atoms with Gasteiger partial charge >= 0.3 is 0 Å². The maximum Gasteiger partial charge on any atom is 0.124 e. The van der Waals surface area contributed by atoms with Crippen LogP contribution in [0.4, 0.5) is 0 Å². The first-order valence-electron chi connectivity index (χ1n) is 7.43. The second kappa shape index (κ2) is 6.95. The van der Waals surface area contributed by atoms with Crippen LogP contribution in [0.5, 0.6) is 11.5 Å². The van der Waals surface area contributed by atoms with Crippen LogP contribution in [0.2, 0.25) is 0 Å². The van der Waals surface area contributed by atoms with Gasteiger partial charge in [0.05, 0.1) is 13.2 Å². The van der Waals surface area contributed by atoms with Crippen molar-refractivity contribution in [3.8, 4) is 11.5 Å². The third-order valence-corrected chi connectivity index (χ3v) is 4.15. The molecular formula is C16H25NO3. The molecule has 4 heteroatoms. The number of ether oxygens (including phenoxy) is 1. The molecule has 0 heterocycles. The molecular weight excluding hydrogens is 254 g/mol. The molecule has 1 aromatic carbocycles. The van der Waals surface area contributed by atoms with Gasteiger partial charge in [0.15, 0.2) is 0 Å². The molecule has 0 aliphatic heterocycles. The van der Waals surface area contributed by atoms with Crippen LogP contribution in [-0.2, 0) is 0 Å². The summed E-state index contributed by atoms with van der Waals surface area (Å²) >= 11 is 0. The molecule has 1 aliphatic rings. The second-order valence-electron chi connectivity index (χ2n) is 5.62. The lowest BCUT2D eigenvalue weighted by Crippen LogP contribution is -2.40. The fraction of sp³-hybridized carbons (Fsp3) is 0.625. The van der Waals surface area contributed by atoms with E-state index in [1.165, 1.54) is 6.42 Å². The lowest BCUT2D eigenvalue weighted by molar-refractivity contribution is 0.114. The van der Waals surface area contributed by atoms with Gasteiger partial charge in [-0.2, -0.15) is 0 Å². The predicted molar refractivity (Wildman–Crippen MR) is 79.1 cm³/mol. The van der Waals surface area contributed by atoms with E-state index < -0.39 is 0 Å². The zero-order valence-electron chi connectivity index (χ0n) is 12.3. The molecule has 2 rings (SSSR count). The van der Waals surface area contributed by atoms with E-state index in [4.69, 9.17) is 4.74 Å². The van der Waals surface area contributed by atoms with Gasteiger partial charge in [0.25, 0.3) is 0 Å². The van der Waals surface area contributed by atoms with Gasteiger partial charge in [-0.1, -0.05) is 25.3 Å². The number of benzene rings is 1. The lowest BCUT2D eigenvalue weighted by Gasteiger charge is -2.26. The highest BCUT2D eigenvalue weighted by molar-refractivity contribution is 5.41. The van der Waals surface area contributed by atoms with Gasteiger partial charge in [-0.15, -0.1) is 0 Å². The molecule has 3 N–H and O–H groups in total. The highest BCUT2D eigenvalue weighted by Crippen LogP contribution is 2.29. The summed E-state index contributed by atoms with van der Waals surface area (Å²) < 4.78 is 5.09. The van der Waals surface area contributed by atoms with Crippen LogP contribution in [0.25, 0.3) is 0 Å². The molecule has 0 amide bonds. The van der Waals surface area contributed by atoms with Gasteiger partial charge in [0.2, 0.25) is 0 Å². The minimum atomic E-state index is -0.291. The standard InChI is InChI=1S/C16H25NO3/c1-11(13-9-8-12(20-2)10-16(13)19)17-14-6-4-3-5-7-15(14)18/h8-11,14-15,17-19H,3-7H2,1-2H3. The number of aromatic hydroxyl groups is 1. The fourth-order valence-corrected chi connectivity index (χ4v) is 2.91. The molecule has 0 bridgehead atoms. The largest absolute Gasteiger partial charge is 0.507 e. The van der Waals surface area contributed by atoms with Crippen molar-refractivity contribution in [3.63, 3.8) is 0 Å². The summed E-state index contributed by atoms with van der Waals surface area (Å²) in [6.07, 6.45) is 5.00. The molecule has 1 aliphatic carbocycles. The number of hydrogen-bond acceptors (Lipinski definition) is 4. The van der Waals surface area contributed by atoms with E-state index in [0.717, 1.165) is 31.2 Å². The number of phenolic OH excluding ortho intramolecular Hbond substituents is 1. The fourth-order valence-electron chi connectivity index (χ4n) is 2.91. The Hall–Kier alpha value is -1.26. The summed E-state index contributed by atoms with van der Waals surface area (Å²) in [7, 11) is 1.58. The van der Waals surface area contributed by atoms with Crippen molar-refractivity contribution in [2.45, 2.75) is 57.2 Å². The molecule has 1 saturated carbocycles. The lowest BCUT2D eigenvalue weighted by atomic mass is 10.0. The third-order valence-electron chi connectivity index (χ3n) is 4.15. The van der Waals surface area contributed by atoms with Crippen LogP contribution >= 0.6 is 0 Å². The van der Waals surface area contributed by atoms with Crippen molar-refractivity contribution in [1.29, 1.82) is 0 Å². The van der Waals surface area contributed by atoms with E-state index in [1.807, 2.05) is 19.1 Å². The normalized spacial score (nSPS) is 24.9. The van der Waals surface area contributed by atoms with E-state index in [0.29, 0.717) is 5.75 Å². The van der Waals surface area contributed by atoms with E-state index in [-0.39, 0.29) is 23.9 Å². The van der Waals surface area contributed by atoms with Gasteiger partial charge in [-0.25, -0.2) is 0 Å². The highest BCUT2D eigenvalue weighted by Gasteiger charge is 2.24. The first-order chi connectivity index (χ1) is 9.61. The van der Waals surface area contributed by atoms with Crippen molar-refractivity contribution in [1.82, 2.24) is 5.32 Å². The van der Waals surface area contributed by atoms with Crippen LogP contribution in [0, 0.1) is 0 Å². The van der Waals surface area contributed by atoms with E-state index >= 15 is 0 Å². The molecule has 3 atom stereocenters. The topological polar surface area (TPSA) is 61.7 Å². The maximum absolute atomic E-state index is 10.2. The van der Waals surface area contributed by atoms with Gasteiger partial charge in [0.1, 0.15) is 11.5 Å². The SMILES string of the molecule is COc1ccc(C(C)NC2CCCCCC2O)c(O)c1. The van der Waals surface area contributed by atoms with Gasteiger partial charge in [-0.3, -0.25) is 0 Å². The number of phenols is 1. The molecule has 3 unspecified atom stereocenters. The van der Waals surface area contributed by atoms with Crippen molar-refractivity contribution in [3.05, 3.63) is 23.8 Å². The van der Waals surface area contributed by atoms with Crippen LogP contribution in [-0.4, -0.2) is 29.5 Å². The van der Waals surface area contributed by atoms with E-state index in [9.17, 15) is 10.2 Å². The van der Waals surface area contributed by atoms with Gasteiger partial charge < -0.3 is 20.3 Å². The molecule has 0 aromatic heterocycles. The van der Waals surface area contributed by atoms with Crippen molar-refractivity contribution in [2.24, 2.45) is 0 Å². The molecule has 4 nitrogen and oxygen atoms in total. The first-order valence-corrected chi connectivity index (χ1v) is 7.43.